The van der Waals surface area contributed by atoms with Crippen LogP contribution in [-0.4, -0.2) is 16.5 Å². The summed E-state index contributed by atoms with van der Waals surface area (Å²) in [5, 5.41) is 15.3. The van der Waals surface area contributed by atoms with Crippen LogP contribution in [0.4, 0.5) is 17.3 Å². The van der Waals surface area contributed by atoms with Gasteiger partial charge in [-0.1, -0.05) is 6.07 Å². The second-order valence-electron chi connectivity index (χ2n) is 4.04. The van der Waals surface area contributed by atoms with E-state index >= 15 is 0 Å². The molecule has 0 bridgehead atoms. The molecule has 0 atom stereocenters. The Morgan fingerprint density at radius 3 is 2.79 bits per heavy atom. The van der Waals surface area contributed by atoms with E-state index in [9.17, 15) is 0 Å². The predicted molar refractivity (Wildman–Crippen MR) is 75.4 cm³/mol. The van der Waals surface area contributed by atoms with Gasteiger partial charge in [0.1, 0.15) is 18.0 Å². The van der Waals surface area contributed by atoms with Crippen LogP contribution in [0, 0.1) is 18.3 Å². The first-order valence-corrected chi connectivity index (χ1v) is 6.07. The van der Waals surface area contributed by atoms with Gasteiger partial charge in [-0.3, -0.25) is 0 Å². The number of aromatic nitrogens is 2. The Morgan fingerprint density at radius 1 is 1.26 bits per heavy atom. The number of rotatable bonds is 4. The molecule has 0 radical (unpaired) electrons. The molecule has 1 heterocycles. The van der Waals surface area contributed by atoms with Crippen molar-refractivity contribution in [2.24, 2.45) is 0 Å². The first-order chi connectivity index (χ1) is 9.24. The molecule has 0 aliphatic carbocycles. The Morgan fingerprint density at radius 2 is 2.05 bits per heavy atom. The molecule has 5 nitrogen and oxygen atoms in total. The Balaban J connectivity index is 2.28. The maximum Gasteiger partial charge on any atom is 0.138 e. The van der Waals surface area contributed by atoms with Crippen LogP contribution < -0.4 is 10.6 Å². The highest BCUT2D eigenvalue weighted by Crippen LogP contribution is 2.22. The van der Waals surface area contributed by atoms with Crippen LogP contribution in [0.15, 0.2) is 30.6 Å². The number of nitrogens with zero attached hydrogens (tertiary/aromatic N) is 3. The lowest BCUT2D eigenvalue weighted by atomic mass is 10.2. The third-order valence-corrected chi connectivity index (χ3v) is 2.68. The average Bonchev–Trinajstić information content (AvgIpc) is 2.44. The van der Waals surface area contributed by atoms with Gasteiger partial charge >= 0.3 is 0 Å². The fourth-order valence-electron chi connectivity index (χ4n) is 1.73. The Labute approximate surface area is 112 Å². The third-order valence-electron chi connectivity index (χ3n) is 2.68. The van der Waals surface area contributed by atoms with Crippen molar-refractivity contribution in [3.8, 4) is 6.07 Å². The maximum atomic E-state index is 8.88. The SMILES string of the molecule is CCNc1ncnc(Nc2cccc(C#N)c2)c1C. The number of nitriles is 1. The molecule has 0 aliphatic heterocycles. The number of hydrogen-bond acceptors (Lipinski definition) is 5. The molecule has 2 aromatic rings. The number of benzene rings is 1. The second kappa shape index (κ2) is 5.83. The molecular weight excluding hydrogens is 238 g/mol. The van der Waals surface area contributed by atoms with Crippen LogP contribution in [0.1, 0.15) is 18.1 Å². The summed E-state index contributed by atoms with van der Waals surface area (Å²) in [4.78, 5) is 8.42. The topological polar surface area (TPSA) is 73.6 Å². The van der Waals surface area contributed by atoms with E-state index in [-0.39, 0.29) is 0 Å². The lowest BCUT2D eigenvalue weighted by Crippen LogP contribution is -2.05. The van der Waals surface area contributed by atoms with Crippen molar-refractivity contribution in [1.82, 2.24) is 9.97 Å². The minimum absolute atomic E-state index is 0.614. The van der Waals surface area contributed by atoms with Gasteiger partial charge in [0, 0.05) is 17.8 Å². The van der Waals surface area contributed by atoms with Gasteiger partial charge in [0.2, 0.25) is 0 Å². The molecule has 0 spiro atoms. The van der Waals surface area contributed by atoms with Gasteiger partial charge in [-0.15, -0.1) is 0 Å². The normalized spacial score (nSPS) is 9.74. The minimum atomic E-state index is 0.614. The van der Waals surface area contributed by atoms with Crippen LogP contribution in [0.2, 0.25) is 0 Å². The molecule has 19 heavy (non-hydrogen) atoms. The minimum Gasteiger partial charge on any atom is -0.370 e. The summed E-state index contributed by atoms with van der Waals surface area (Å²) in [6.07, 6.45) is 1.52. The Bertz CT molecular complexity index is 615. The van der Waals surface area contributed by atoms with Gasteiger partial charge < -0.3 is 10.6 Å². The smallest absolute Gasteiger partial charge is 0.138 e. The second-order valence-corrected chi connectivity index (χ2v) is 4.04. The Hall–Kier alpha value is -2.61. The highest BCUT2D eigenvalue weighted by atomic mass is 15.1. The molecule has 0 unspecified atom stereocenters. The average molecular weight is 253 g/mol. The van der Waals surface area contributed by atoms with Gasteiger partial charge in [0.25, 0.3) is 0 Å². The predicted octanol–water partition coefficient (Wildman–Crippen LogP) is 2.83. The number of nitrogens with one attached hydrogen (secondary N) is 2. The van der Waals surface area contributed by atoms with Crippen LogP contribution in [-0.2, 0) is 0 Å². The highest BCUT2D eigenvalue weighted by molar-refractivity contribution is 5.65. The van der Waals surface area contributed by atoms with Crippen LogP contribution in [0.5, 0.6) is 0 Å². The van der Waals surface area contributed by atoms with Crippen LogP contribution in [0.3, 0.4) is 0 Å². The molecular formula is C14H15N5. The summed E-state index contributed by atoms with van der Waals surface area (Å²) >= 11 is 0. The van der Waals surface area contributed by atoms with E-state index in [0.717, 1.165) is 29.4 Å². The fraction of sp³-hybridized carbons (Fsp3) is 0.214. The lowest BCUT2D eigenvalue weighted by molar-refractivity contribution is 1.08. The van der Waals surface area contributed by atoms with Crippen molar-refractivity contribution < 1.29 is 0 Å². The molecule has 96 valence electrons. The van der Waals surface area contributed by atoms with Crippen LogP contribution in [0.25, 0.3) is 0 Å². The molecule has 1 aromatic heterocycles. The number of anilines is 3. The molecule has 1 aromatic carbocycles. The van der Waals surface area contributed by atoms with Crippen molar-refractivity contribution in [1.29, 1.82) is 5.26 Å². The summed E-state index contributed by atoms with van der Waals surface area (Å²) in [6.45, 7) is 4.78. The molecule has 2 rings (SSSR count). The largest absolute Gasteiger partial charge is 0.370 e. The molecule has 0 aliphatic rings. The van der Waals surface area contributed by atoms with E-state index in [1.54, 1.807) is 12.1 Å². The zero-order valence-electron chi connectivity index (χ0n) is 10.9. The van der Waals surface area contributed by atoms with Gasteiger partial charge in [0.15, 0.2) is 0 Å². The summed E-state index contributed by atoms with van der Waals surface area (Å²) in [7, 11) is 0. The van der Waals surface area contributed by atoms with Gasteiger partial charge in [-0.25, -0.2) is 9.97 Å². The standard InChI is InChI=1S/C14H15N5/c1-3-16-13-10(2)14(18-9-17-13)19-12-6-4-5-11(7-12)8-15/h4-7,9H,3H2,1-2H3,(H2,16,17,18,19). The quantitative estimate of drug-likeness (QED) is 0.876. The highest BCUT2D eigenvalue weighted by Gasteiger charge is 2.06. The maximum absolute atomic E-state index is 8.88. The molecule has 0 saturated carbocycles. The summed E-state index contributed by atoms with van der Waals surface area (Å²) in [5.41, 5.74) is 2.40. The van der Waals surface area contributed by atoms with E-state index in [2.05, 4.69) is 26.7 Å². The van der Waals surface area contributed by atoms with E-state index < -0.39 is 0 Å². The summed E-state index contributed by atoms with van der Waals surface area (Å²) < 4.78 is 0. The van der Waals surface area contributed by atoms with E-state index in [0.29, 0.717) is 5.56 Å². The summed E-state index contributed by atoms with van der Waals surface area (Å²) in [5.74, 6) is 1.55. The van der Waals surface area contributed by atoms with Crippen molar-refractivity contribution >= 4 is 17.3 Å². The lowest BCUT2D eigenvalue weighted by Gasteiger charge is -2.12. The molecule has 0 fully saturated rings. The van der Waals surface area contributed by atoms with E-state index in [1.807, 2.05) is 26.0 Å². The van der Waals surface area contributed by atoms with E-state index in [4.69, 9.17) is 5.26 Å². The first kappa shape index (κ1) is 12.8. The first-order valence-electron chi connectivity index (χ1n) is 6.07. The van der Waals surface area contributed by atoms with Gasteiger partial charge in [-0.2, -0.15) is 5.26 Å². The van der Waals surface area contributed by atoms with Crippen molar-refractivity contribution in [3.05, 3.63) is 41.7 Å². The van der Waals surface area contributed by atoms with Gasteiger partial charge in [0.05, 0.1) is 11.6 Å². The third kappa shape index (κ3) is 2.99. The monoisotopic (exact) mass is 253 g/mol. The summed E-state index contributed by atoms with van der Waals surface area (Å²) in [6, 6.07) is 9.40. The van der Waals surface area contributed by atoms with E-state index in [1.165, 1.54) is 6.33 Å². The molecule has 0 saturated heterocycles. The van der Waals surface area contributed by atoms with Crippen molar-refractivity contribution in [2.45, 2.75) is 13.8 Å². The molecule has 2 N–H and O–H groups in total. The van der Waals surface area contributed by atoms with Crippen LogP contribution >= 0.6 is 0 Å². The van der Waals surface area contributed by atoms with Gasteiger partial charge in [-0.05, 0) is 32.0 Å². The molecule has 0 amide bonds. The van der Waals surface area contributed by atoms with Crippen molar-refractivity contribution in [3.63, 3.8) is 0 Å². The zero-order valence-corrected chi connectivity index (χ0v) is 10.9. The molecule has 5 heteroatoms. The fourth-order valence-corrected chi connectivity index (χ4v) is 1.73. The van der Waals surface area contributed by atoms with Crippen molar-refractivity contribution in [2.75, 3.05) is 17.2 Å². The number of hydrogen-bond donors (Lipinski definition) is 2. The zero-order chi connectivity index (χ0) is 13.7. The Kier molecular flexibility index (Phi) is 3.94.